The molecule has 0 bridgehead atoms. The Labute approximate surface area is 77.4 Å². The number of hydrogen-bond acceptors (Lipinski definition) is 2. The summed E-state index contributed by atoms with van der Waals surface area (Å²) in [5.74, 6) is 0.470. The van der Waals surface area contributed by atoms with Crippen LogP contribution in [0.25, 0.3) is 0 Å². The predicted octanol–water partition coefficient (Wildman–Crippen LogP) is 2.76. The lowest BCUT2D eigenvalue weighted by Crippen LogP contribution is -2.21. The van der Waals surface area contributed by atoms with Gasteiger partial charge in [-0.25, -0.2) is 0 Å². The zero-order valence-corrected chi connectivity index (χ0v) is 9.22. The number of alkyl halides is 1. The van der Waals surface area contributed by atoms with Crippen molar-refractivity contribution in [2.45, 2.75) is 39.0 Å². The lowest BCUT2D eigenvalue weighted by atomic mass is 10.2. The van der Waals surface area contributed by atoms with Gasteiger partial charge in [0.25, 0.3) is 0 Å². The van der Waals surface area contributed by atoms with E-state index in [1.165, 1.54) is 0 Å². The predicted molar refractivity (Wildman–Crippen MR) is 49.7 cm³/mol. The van der Waals surface area contributed by atoms with Crippen molar-refractivity contribution in [1.82, 2.24) is 0 Å². The molecule has 2 unspecified atom stereocenters. The second-order valence-electron chi connectivity index (χ2n) is 2.75. The first-order valence-electron chi connectivity index (χ1n) is 3.99. The van der Waals surface area contributed by atoms with Crippen LogP contribution >= 0.6 is 15.9 Å². The Balaban J connectivity index is 3.48. The first-order valence-corrected chi connectivity index (χ1v) is 4.90. The van der Waals surface area contributed by atoms with Gasteiger partial charge in [-0.05, 0) is 19.8 Å². The highest BCUT2D eigenvalue weighted by Crippen LogP contribution is 2.15. The Morgan fingerprint density at radius 2 is 1.82 bits per heavy atom. The Morgan fingerprint density at radius 1 is 1.27 bits per heavy atom. The molecule has 0 heterocycles. The van der Waals surface area contributed by atoms with E-state index in [1.807, 2.05) is 13.8 Å². The fourth-order valence-corrected chi connectivity index (χ4v) is 0.918. The maximum atomic E-state index is 5.45. The Bertz CT molecular complexity index is 96.1. The van der Waals surface area contributed by atoms with Gasteiger partial charge in [-0.15, -0.1) is 0 Å². The third kappa shape index (κ3) is 5.65. The van der Waals surface area contributed by atoms with Crippen LogP contribution in [0.5, 0.6) is 0 Å². The summed E-state index contributed by atoms with van der Waals surface area (Å²) in [6.07, 6.45) is -0.119. The summed E-state index contributed by atoms with van der Waals surface area (Å²) in [6.45, 7) is 8.74. The van der Waals surface area contributed by atoms with Crippen LogP contribution in [0.2, 0.25) is 0 Å². The third-order valence-corrected chi connectivity index (χ3v) is 2.52. The molecule has 3 heteroatoms. The summed E-state index contributed by atoms with van der Waals surface area (Å²) in [6, 6.07) is 0. The van der Waals surface area contributed by atoms with Crippen molar-refractivity contribution in [3.8, 4) is 0 Å². The average molecular weight is 225 g/mol. The molecule has 0 rings (SSSR count). The third-order valence-electron chi connectivity index (χ3n) is 1.25. The SMILES string of the molecule is CCOC(C)OC(Br)C(C)C. The summed E-state index contributed by atoms with van der Waals surface area (Å²) in [5, 5.41) is 0.0871. The van der Waals surface area contributed by atoms with Crippen LogP contribution in [0.4, 0.5) is 0 Å². The van der Waals surface area contributed by atoms with Crippen LogP contribution in [-0.4, -0.2) is 17.9 Å². The summed E-state index contributed by atoms with van der Waals surface area (Å²) >= 11 is 3.41. The maximum absolute atomic E-state index is 5.45. The van der Waals surface area contributed by atoms with E-state index in [9.17, 15) is 0 Å². The fourth-order valence-electron chi connectivity index (χ4n) is 0.614. The van der Waals surface area contributed by atoms with E-state index in [-0.39, 0.29) is 11.3 Å². The van der Waals surface area contributed by atoms with Gasteiger partial charge in [-0.1, -0.05) is 29.8 Å². The maximum Gasteiger partial charge on any atom is 0.156 e. The van der Waals surface area contributed by atoms with Crippen molar-refractivity contribution in [2.24, 2.45) is 5.92 Å². The molecule has 11 heavy (non-hydrogen) atoms. The Hall–Kier alpha value is 0.400. The van der Waals surface area contributed by atoms with Gasteiger partial charge in [0.15, 0.2) is 6.29 Å². The Kier molecular flexibility index (Phi) is 6.19. The normalized spacial score (nSPS) is 16.9. The van der Waals surface area contributed by atoms with E-state index in [1.54, 1.807) is 0 Å². The molecule has 68 valence electrons. The van der Waals surface area contributed by atoms with Gasteiger partial charge in [0.05, 0.1) is 0 Å². The van der Waals surface area contributed by atoms with Crippen LogP contribution in [0.3, 0.4) is 0 Å². The van der Waals surface area contributed by atoms with Crippen molar-refractivity contribution < 1.29 is 9.47 Å². The van der Waals surface area contributed by atoms with Crippen molar-refractivity contribution in [1.29, 1.82) is 0 Å². The molecule has 0 aromatic heterocycles. The van der Waals surface area contributed by atoms with Crippen molar-refractivity contribution in [2.75, 3.05) is 6.61 Å². The van der Waals surface area contributed by atoms with Gasteiger partial charge >= 0.3 is 0 Å². The molecule has 0 aliphatic rings. The zero-order chi connectivity index (χ0) is 8.85. The Morgan fingerprint density at radius 3 is 2.18 bits per heavy atom. The highest BCUT2D eigenvalue weighted by Gasteiger charge is 2.12. The van der Waals surface area contributed by atoms with Gasteiger partial charge in [-0.3, -0.25) is 0 Å². The number of hydrogen-bond donors (Lipinski definition) is 0. The minimum atomic E-state index is -0.119. The molecular formula is C8H17BrO2. The summed E-state index contributed by atoms with van der Waals surface area (Å²) < 4.78 is 10.7. The van der Waals surface area contributed by atoms with Crippen molar-refractivity contribution >= 4 is 15.9 Å². The van der Waals surface area contributed by atoms with E-state index < -0.39 is 0 Å². The van der Waals surface area contributed by atoms with Gasteiger partial charge in [0.1, 0.15) is 5.01 Å². The van der Waals surface area contributed by atoms with E-state index >= 15 is 0 Å². The fraction of sp³-hybridized carbons (Fsp3) is 1.00. The topological polar surface area (TPSA) is 18.5 Å². The second-order valence-corrected chi connectivity index (χ2v) is 3.66. The second kappa shape index (κ2) is 5.98. The minimum Gasteiger partial charge on any atom is -0.353 e. The molecular weight excluding hydrogens is 208 g/mol. The molecule has 2 atom stereocenters. The average Bonchev–Trinajstić information content (AvgIpc) is 1.87. The van der Waals surface area contributed by atoms with E-state index in [0.29, 0.717) is 12.5 Å². The molecule has 0 aromatic carbocycles. The lowest BCUT2D eigenvalue weighted by Gasteiger charge is -2.19. The van der Waals surface area contributed by atoms with Crippen LogP contribution in [0, 0.1) is 5.92 Å². The summed E-state index contributed by atoms with van der Waals surface area (Å²) in [4.78, 5) is 0. The molecule has 0 amide bonds. The molecule has 0 spiro atoms. The largest absolute Gasteiger partial charge is 0.353 e. The van der Waals surface area contributed by atoms with Crippen molar-refractivity contribution in [3.63, 3.8) is 0 Å². The molecule has 0 aliphatic heterocycles. The van der Waals surface area contributed by atoms with Gasteiger partial charge in [-0.2, -0.15) is 0 Å². The van der Waals surface area contributed by atoms with E-state index in [0.717, 1.165) is 0 Å². The highest BCUT2D eigenvalue weighted by atomic mass is 79.9. The number of ether oxygens (including phenoxy) is 2. The van der Waals surface area contributed by atoms with Gasteiger partial charge in [0, 0.05) is 6.61 Å². The van der Waals surface area contributed by atoms with Gasteiger partial charge in [0.2, 0.25) is 0 Å². The quantitative estimate of drug-likeness (QED) is 0.529. The molecule has 0 N–H and O–H groups in total. The summed E-state index contributed by atoms with van der Waals surface area (Å²) in [7, 11) is 0. The number of rotatable bonds is 5. The first-order chi connectivity index (χ1) is 5.07. The number of halogens is 1. The molecule has 0 aliphatic carbocycles. The molecule has 0 fully saturated rings. The van der Waals surface area contributed by atoms with Gasteiger partial charge < -0.3 is 9.47 Å². The summed E-state index contributed by atoms with van der Waals surface area (Å²) in [5.41, 5.74) is 0. The zero-order valence-electron chi connectivity index (χ0n) is 7.63. The minimum absolute atomic E-state index is 0.0871. The molecule has 0 saturated heterocycles. The van der Waals surface area contributed by atoms with Crippen LogP contribution < -0.4 is 0 Å². The smallest absolute Gasteiger partial charge is 0.156 e. The van der Waals surface area contributed by atoms with E-state index in [4.69, 9.17) is 9.47 Å². The van der Waals surface area contributed by atoms with Crippen molar-refractivity contribution in [3.05, 3.63) is 0 Å². The van der Waals surface area contributed by atoms with E-state index in [2.05, 4.69) is 29.8 Å². The van der Waals surface area contributed by atoms with Crippen LogP contribution in [0.15, 0.2) is 0 Å². The molecule has 0 aromatic rings. The highest BCUT2D eigenvalue weighted by molar-refractivity contribution is 9.09. The first kappa shape index (κ1) is 11.4. The molecule has 0 radical (unpaired) electrons. The lowest BCUT2D eigenvalue weighted by molar-refractivity contribution is -0.141. The van der Waals surface area contributed by atoms with Crippen LogP contribution in [0.1, 0.15) is 27.7 Å². The molecule has 2 nitrogen and oxygen atoms in total. The standard InChI is InChI=1S/C8H17BrO2/c1-5-10-7(4)11-8(9)6(2)3/h6-8H,5H2,1-4H3. The van der Waals surface area contributed by atoms with Crippen LogP contribution in [-0.2, 0) is 9.47 Å². The monoisotopic (exact) mass is 224 g/mol. The molecule has 0 saturated carbocycles.